The number of carbonyl (C=O) groups is 1. The summed E-state index contributed by atoms with van der Waals surface area (Å²) in [6.07, 6.45) is 6.98. The lowest BCUT2D eigenvalue weighted by molar-refractivity contribution is -0.146. The number of ether oxygens (including phenoxy) is 1. The van der Waals surface area contributed by atoms with Gasteiger partial charge in [-0.2, -0.15) is 0 Å². The first-order valence-electron chi connectivity index (χ1n) is 15.6. The summed E-state index contributed by atoms with van der Waals surface area (Å²) in [7, 11) is 1.50. The maximum Gasteiger partial charge on any atom is 0.308 e. The van der Waals surface area contributed by atoms with Crippen LogP contribution < -0.4 is 5.73 Å². The molecule has 4 heterocycles. The highest BCUT2D eigenvalue weighted by Crippen LogP contribution is 2.35. The summed E-state index contributed by atoms with van der Waals surface area (Å²) >= 11 is 0. The van der Waals surface area contributed by atoms with Crippen LogP contribution in [-0.4, -0.2) is 57.1 Å². The van der Waals surface area contributed by atoms with E-state index in [2.05, 4.69) is 50.8 Å². The average molecular weight is 587 g/mol. The Morgan fingerprint density at radius 3 is 2.45 bits per heavy atom. The molecule has 2 aromatic carbocycles. The van der Waals surface area contributed by atoms with E-state index in [1.54, 1.807) is 6.20 Å². The number of aromatic nitrogens is 4. The molecule has 2 aliphatic rings. The van der Waals surface area contributed by atoms with E-state index in [1.807, 2.05) is 42.5 Å². The van der Waals surface area contributed by atoms with Gasteiger partial charge in [0.25, 0.3) is 0 Å². The molecule has 5 aromatic rings. The van der Waals surface area contributed by atoms with Crippen LogP contribution in [0.5, 0.6) is 0 Å². The number of nitrogen functional groups attached to an aromatic ring is 1. The predicted molar refractivity (Wildman–Crippen MR) is 173 cm³/mol. The highest BCUT2D eigenvalue weighted by Gasteiger charge is 2.30. The number of benzene rings is 2. The summed E-state index contributed by atoms with van der Waals surface area (Å²) in [5.41, 5.74) is 13.0. The van der Waals surface area contributed by atoms with Crippen LogP contribution >= 0.6 is 0 Å². The predicted octanol–water partition coefficient (Wildman–Crippen LogP) is 6.50. The summed E-state index contributed by atoms with van der Waals surface area (Å²) in [5, 5.41) is 0. The molecule has 2 fully saturated rings. The highest BCUT2D eigenvalue weighted by atomic mass is 16.5. The molecular formula is C36H38N6O2. The molecule has 1 aliphatic carbocycles. The van der Waals surface area contributed by atoms with Crippen LogP contribution in [0.15, 0.2) is 85.1 Å². The van der Waals surface area contributed by atoms with Gasteiger partial charge in [0.1, 0.15) is 11.3 Å². The van der Waals surface area contributed by atoms with Crippen molar-refractivity contribution in [1.29, 1.82) is 0 Å². The summed E-state index contributed by atoms with van der Waals surface area (Å²) in [6, 6.07) is 27.0. The fourth-order valence-electron chi connectivity index (χ4n) is 7.04. The number of nitrogens with two attached hydrogens (primary N) is 1. The van der Waals surface area contributed by atoms with Crippen molar-refractivity contribution in [1.82, 2.24) is 24.4 Å². The van der Waals surface area contributed by atoms with Crippen molar-refractivity contribution >= 4 is 23.0 Å². The molecule has 2 N–H and O–H groups in total. The normalized spacial score (nSPS) is 20.6. The molecule has 1 aliphatic heterocycles. The molecule has 1 saturated heterocycles. The standard InChI is InChI=1S/C36H38N6O2/c1-44-36(43)27-11-9-24(10-12-27)22-41-21-19-28(23-41)25-13-15-29(16-14-25)42-34(30-8-5-20-38-33(30)37)40-32-18-17-31(39-35(32)42)26-6-3-2-4-7-26/h2-8,13-18,20,24,27-28H,9-12,19,21-23H2,1H3,(H2,37,38)/t24-,27-,28?. The molecule has 44 heavy (non-hydrogen) atoms. The number of carbonyl (C=O) groups excluding carboxylic acids is 1. The van der Waals surface area contributed by atoms with Crippen molar-refractivity contribution in [3.63, 3.8) is 0 Å². The SMILES string of the molecule is COC(=O)[C@H]1CC[C@H](CN2CCC(c3ccc(-n4c(-c5cccnc5N)nc5ccc(-c6ccccc6)nc54)cc3)C2)CC1. The molecule has 224 valence electrons. The molecular weight excluding hydrogens is 548 g/mol. The van der Waals surface area contributed by atoms with Crippen molar-refractivity contribution in [2.45, 2.75) is 38.0 Å². The van der Waals surface area contributed by atoms with Crippen LogP contribution in [0.25, 0.3) is 39.5 Å². The van der Waals surface area contributed by atoms with Crippen LogP contribution in [0.3, 0.4) is 0 Å². The van der Waals surface area contributed by atoms with E-state index in [1.165, 1.54) is 12.7 Å². The third kappa shape index (κ3) is 5.57. The van der Waals surface area contributed by atoms with Gasteiger partial charge in [0.05, 0.1) is 24.3 Å². The molecule has 0 spiro atoms. The van der Waals surface area contributed by atoms with Crippen molar-refractivity contribution in [3.05, 3.63) is 90.6 Å². The number of pyridine rings is 2. The van der Waals surface area contributed by atoms with Gasteiger partial charge in [0, 0.05) is 30.5 Å². The Hall–Kier alpha value is -4.56. The van der Waals surface area contributed by atoms with E-state index < -0.39 is 0 Å². The lowest BCUT2D eigenvalue weighted by atomic mass is 9.82. The van der Waals surface area contributed by atoms with Gasteiger partial charge >= 0.3 is 5.97 Å². The third-order valence-corrected chi connectivity index (χ3v) is 9.45. The number of imidazole rings is 1. The maximum absolute atomic E-state index is 11.9. The fraction of sp³-hybridized carbons (Fsp3) is 0.333. The van der Waals surface area contributed by atoms with Crippen LogP contribution in [0.2, 0.25) is 0 Å². The van der Waals surface area contributed by atoms with Gasteiger partial charge in [0.2, 0.25) is 0 Å². The number of rotatable bonds is 7. The van der Waals surface area contributed by atoms with Crippen molar-refractivity contribution < 1.29 is 9.53 Å². The molecule has 7 rings (SSSR count). The minimum Gasteiger partial charge on any atom is -0.469 e. The monoisotopic (exact) mass is 586 g/mol. The summed E-state index contributed by atoms with van der Waals surface area (Å²) in [6.45, 7) is 3.31. The lowest BCUT2D eigenvalue weighted by Crippen LogP contribution is -2.31. The zero-order valence-corrected chi connectivity index (χ0v) is 25.1. The molecule has 3 aromatic heterocycles. The summed E-state index contributed by atoms with van der Waals surface area (Å²) in [4.78, 5) is 28.9. The number of hydrogen-bond donors (Lipinski definition) is 1. The van der Waals surface area contributed by atoms with E-state index in [-0.39, 0.29) is 11.9 Å². The minimum atomic E-state index is -0.0414. The average Bonchev–Trinajstić information content (AvgIpc) is 3.70. The van der Waals surface area contributed by atoms with Gasteiger partial charge in [-0.3, -0.25) is 9.36 Å². The molecule has 0 amide bonds. The number of anilines is 1. The van der Waals surface area contributed by atoms with Gasteiger partial charge in [-0.1, -0.05) is 42.5 Å². The second kappa shape index (κ2) is 12.2. The molecule has 8 heteroatoms. The fourth-order valence-corrected chi connectivity index (χ4v) is 7.04. The zero-order valence-electron chi connectivity index (χ0n) is 25.1. The first-order valence-corrected chi connectivity index (χ1v) is 15.6. The van der Waals surface area contributed by atoms with Crippen LogP contribution in [0.4, 0.5) is 5.82 Å². The Kier molecular flexibility index (Phi) is 7.83. The quantitative estimate of drug-likeness (QED) is 0.217. The second-order valence-corrected chi connectivity index (χ2v) is 12.2. The summed E-state index contributed by atoms with van der Waals surface area (Å²) in [5.74, 6) is 2.38. The van der Waals surface area contributed by atoms with Gasteiger partial charge in [-0.15, -0.1) is 0 Å². The van der Waals surface area contributed by atoms with Crippen molar-refractivity contribution in [2.75, 3.05) is 32.5 Å². The van der Waals surface area contributed by atoms with E-state index in [0.717, 1.165) is 91.2 Å². The van der Waals surface area contributed by atoms with E-state index >= 15 is 0 Å². The van der Waals surface area contributed by atoms with E-state index in [9.17, 15) is 4.79 Å². The smallest absolute Gasteiger partial charge is 0.308 e. The maximum atomic E-state index is 11.9. The molecule has 8 nitrogen and oxygen atoms in total. The Bertz CT molecular complexity index is 1760. The molecule has 1 atom stereocenters. The van der Waals surface area contributed by atoms with Crippen molar-refractivity contribution in [2.24, 2.45) is 11.8 Å². The number of esters is 1. The van der Waals surface area contributed by atoms with Crippen molar-refractivity contribution in [3.8, 4) is 28.3 Å². The Morgan fingerprint density at radius 2 is 1.70 bits per heavy atom. The zero-order chi connectivity index (χ0) is 30.0. The Labute approximate surface area is 257 Å². The lowest BCUT2D eigenvalue weighted by Gasteiger charge is -2.30. The molecule has 1 unspecified atom stereocenters. The Balaban J connectivity index is 1.13. The van der Waals surface area contributed by atoms with E-state index in [0.29, 0.717) is 17.7 Å². The first-order chi connectivity index (χ1) is 21.6. The van der Waals surface area contributed by atoms with Crippen LogP contribution in [0.1, 0.15) is 43.6 Å². The van der Waals surface area contributed by atoms with Gasteiger partial charge < -0.3 is 15.4 Å². The number of fused-ring (bicyclic) bond motifs is 1. The minimum absolute atomic E-state index is 0.0414. The number of hydrogen-bond acceptors (Lipinski definition) is 7. The number of methoxy groups -OCH3 is 1. The van der Waals surface area contributed by atoms with E-state index in [4.69, 9.17) is 20.4 Å². The molecule has 0 radical (unpaired) electrons. The first kappa shape index (κ1) is 28.2. The second-order valence-electron chi connectivity index (χ2n) is 12.2. The van der Waals surface area contributed by atoms with Crippen LogP contribution in [-0.2, 0) is 9.53 Å². The third-order valence-electron chi connectivity index (χ3n) is 9.45. The molecule has 1 saturated carbocycles. The molecule has 0 bridgehead atoms. The van der Waals surface area contributed by atoms with Gasteiger partial charge in [-0.25, -0.2) is 15.0 Å². The largest absolute Gasteiger partial charge is 0.469 e. The highest BCUT2D eigenvalue weighted by molar-refractivity contribution is 5.84. The van der Waals surface area contributed by atoms with Gasteiger partial charge in [0.15, 0.2) is 11.5 Å². The number of nitrogens with zero attached hydrogens (tertiary/aromatic N) is 5. The summed E-state index contributed by atoms with van der Waals surface area (Å²) < 4.78 is 7.07. The Morgan fingerprint density at radius 1 is 0.909 bits per heavy atom. The van der Waals surface area contributed by atoms with Gasteiger partial charge in [-0.05, 0) is 92.4 Å². The topological polar surface area (TPSA) is 99.2 Å². The van der Waals surface area contributed by atoms with Crippen LogP contribution in [0, 0.1) is 11.8 Å². The number of likely N-dealkylation sites (tertiary alicyclic amines) is 1.